The maximum Gasteiger partial charge on any atom is 0.220 e. The second kappa shape index (κ2) is 4.69. The van der Waals surface area contributed by atoms with Crippen LogP contribution in [-0.2, 0) is 4.79 Å². The molecule has 0 aromatic carbocycles. The van der Waals surface area contributed by atoms with Gasteiger partial charge in [0.1, 0.15) is 11.6 Å². The van der Waals surface area contributed by atoms with Crippen LogP contribution < -0.4 is 10.6 Å². The third kappa shape index (κ3) is 2.54. The standard InChI is InChI=1S/C12H16FN3O/c1-8-6-10(13)7-15-12(8)16-4-2-9(3-5-16)11(14)17/h6-7,9H,2-5H2,1H3,(H2,14,17). The van der Waals surface area contributed by atoms with E-state index in [4.69, 9.17) is 5.73 Å². The second-order valence-electron chi connectivity index (χ2n) is 4.46. The van der Waals surface area contributed by atoms with Crippen LogP contribution in [0.5, 0.6) is 0 Å². The highest BCUT2D eigenvalue weighted by molar-refractivity contribution is 5.77. The molecule has 5 heteroatoms. The number of nitrogens with two attached hydrogens (primary N) is 1. The Hall–Kier alpha value is -1.65. The smallest absolute Gasteiger partial charge is 0.220 e. The number of primary amides is 1. The summed E-state index contributed by atoms with van der Waals surface area (Å²) in [6, 6.07) is 1.47. The molecule has 2 N–H and O–H groups in total. The third-order valence-corrected chi connectivity index (χ3v) is 3.21. The van der Waals surface area contributed by atoms with Crippen LogP contribution >= 0.6 is 0 Å². The van der Waals surface area contributed by atoms with E-state index in [-0.39, 0.29) is 17.6 Å². The first kappa shape index (κ1) is 11.8. The van der Waals surface area contributed by atoms with Crippen LogP contribution in [0.2, 0.25) is 0 Å². The number of carbonyl (C=O) groups excluding carboxylic acids is 1. The van der Waals surface area contributed by atoms with Crippen molar-refractivity contribution in [2.75, 3.05) is 18.0 Å². The van der Waals surface area contributed by atoms with Gasteiger partial charge in [-0.2, -0.15) is 0 Å². The number of carbonyl (C=O) groups is 1. The highest BCUT2D eigenvalue weighted by Crippen LogP contribution is 2.24. The van der Waals surface area contributed by atoms with E-state index in [2.05, 4.69) is 9.88 Å². The molecule has 2 rings (SSSR count). The first-order valence-electron chi connectivity index (χ1n) is 5.74. The Morgan fingerprint density at radius 1 is 1.53 bits per heavy atom. The second-order valence-corrected chi connectivity index (χ2v) is 4.46. The molecular weight excluding hydrogens is 221 g/mol. The van der Waals surface area contributed by atoms with Gasteiger partial charge in [-0.15, -0.1) is 0 Å². The van der Waals surface area contributed by atoms with Gasteiger partial charge in [-0.1, -0.05) is 0 Å². The molecule has 0 radical (unpaired) electrons. The Morgan fingerprint density at radius 3 is 2.71 bits per heavy atom. The van der Waals surface area contributed by atoms with Crippen LogP contribution in [0.25, 0.3) is 0 Å². The van der Waals surface area contributed by atoms with Gasteiger partial charge in [-0.3, -0.25) is 4.79 Å². The SMILES string of the molecule is Cc1cc(F)cnc1N1CCC(C(N)=O)CC1. The number of halogens is 1. The van der Waals surface area contributed by atoms with Crippen LogP contribution in [-0.4, -0.2) is 24.0 Å². The highest BCUT2D eigenvalue weighted by atomic mass is 19.1. The van der Waals surface area contributed by atoms with Gasteiger partial charge in [0.25, 0.3) is 0 Å². The number of pyridine rings is 1. The molecule has 0 bridgehead atoms. The van der Waals surface area contributed by atoms with Gasteiger partial charge >= 0.3 is 0 Å². The van der Waals surface area contributed by atoms with Crippen LogP contribution in [0.4, 0.5) is 10.2 Å². The molecule has 17 heavy (non-hydrogen) atoms. The van der Waals surface area contributed by atoms with Crippen molar-refractivity contribution in [3.05, 3.63) is 23.6 Å². The van der Waals surface area contributed by atoms with Gasteiger partial charge in [0.05, 0.1) is 6.20 Å². The number of anilines is 1. The molecule has 1 aromatic rings. The van der Waals surface area contributed by atoms with E-state index in [1.807, 2.05) is 6.92 Å². The minimum atomic E-state index is -0.321. The zero-order chi connectivity index (χ0) is 12.4. The number of nitrogens with zero attached hydrogens (tertiary/aromatic N) is 2. The van der Waals surface area contributed by atoms with Gasteiger partial charge in [0.15, 0.2) is 0 Å². The molecule has 92 valence electrons. The van der Waals surface area contributed by atoms with Crippen molar-refractivity contribution >= 4 is 11.7 Å². The summed E-state index contributed by atoms with van der Waals surface area (Å²) in [5.41, 5.74) is 6.10. The first-order chi connectivity index (χ1) is 8.08. The zero-order valence-corrected chi connectivity index (χ0v) is 9.82. The van der Waals surface area contributed by atoms with Crippen molar-refractivity contribution < 1.29 is 9.18 Å². The monoisotopic (exact) mass is 237 g/mol. The van der Waals surface area contributed by atoms with Crippen molar-refractivity contribution in [3.8, 4) is 0 Å². The molecular formula is C12H16FN3O. The van der Waals surface area contributed by atoms with Gasteiger partial charge in [-0.05, 0) is 31.4 Å². The molecule has 1 aliphatic rings. The van der Waals surface area contributed by atoms with Crippen molar-refractivity contribution in [2.24, 2.45) is 11.7 Å². The summed E-state index contributed by atoms with van der Waals surface area (Å²) in [4.78, 5) is 17.2. The number of rotatable bonds is 2. The number of aromatic nitrogens is 1. The molecule has 0 atom stereocenters. The van der Waals surface area contributed by atoms with Crippen molar-refractivity contribution in [1.82, 2.24) is 4.98 Å². The van der Waals surface area contributed by atoms with E-state index < -0.39 is 0 Å². The third-order valence-electron chi connectivity index (χ3n) is 3.21. The Morgan fingerprint density at radius 2 is 2.18 bits per heavy atom. The zero-order valence-electron chi connectivity index (χ0n) is 9.82. The first-order valence-corrected chi connectivity index (χ1v) is 5.74. The largest absolute Gasteiger partial charge is 0.369 e. The lowest BCUT2D eigenvalue weighted by Crippen LogP contribution is -2.39. The predicted molar refractivity (Wildman–Crippen MR) is 63.1 cm³/mol. The molecule has 1 aromatic heterocycles. The van der Waals surface area contributed by atoms with E-state index in [1.54, 1.807) is 0 Å². The van der Waals surface area contributed by atoms with Crippen LogP contribution in [0.15, 0.2) is 12.3 Å². The maximum absolute atomic E-state index is 12.9. The fourth-order valence-corrected chi connectivity index (χ4v) is 2.24. The quantitative estimate of drug-likeness (QED) is 0.841. The molecule has 4 nitrogen and oxygen atoms in total. The van der Waals surface area contributed by atoms with E-state index in [0.717, 1.165) is 37.3 Å². The van der Waals surface area contributed by atoms with Gasteiger partial charge in [-0.25, -0.2) is 9.37 Å². The minimum Gasteiger partial charge on any atom is -0.369 e. The average molecular weight is 237 g/mol. The fourth-order valence-electron chi connectivity index (χ4n) is 2.24. The molecule has 0 spiro atoms. The molecule has 0 aliphatic carbocycles. The lowest BCUT2D eigenvalue weighted by molar-refractivity contribution is -0.122. The Kier molecular flexibility index (Phi) is 3.26. The average Bonchev–Trinajstić information content (AvgIpc) is 2.29. The molecule has 2 heterocycles. The maximum atomic E-state index is 12.9. The number of amides is 1. The van der Waals surface area contributed by atoms with Crippen LogP contribution in [0.1, 0.15) is 18.4 Å². The predicted octanol–water partition coefficient (Wildman–Crippen LogP) is 1.23. The van der Waals surface area contributed by atoms with Gasteiger partial charge < -0.3 is 10.6 Å². The molecule has 1 aliphatic heterocycles. The number of piperidine rings is 1. The topological polar surface area (TPSA) is 59.2 Å². The summed E-state index contributed by atoms with van der Waals surface area (Å²) in [5, 5.41) is 0. The minimum absolute atomic E-state index is 0.0352. The number of hydrogen-bond donors (Lipinski definition) is 1. The molecule has 1 saturated heterocycles. The molecule has 0 unspecified atom stereocenters. The Labute approximate surface area is 99.6 Å². The van der Waals surface area contributed by atoms with Crippen LogP contribution in [0, 0.1) is 18.7 Å². The van der Waals surface area contributed by atoms with Crippen molar-refractivity contribution in [1.29, 1.82) is 0 Å². The molecule has 1 fully saturated rings. The normalized spacial score (nSPS) is 17.2. The van der Waals surface area contributed by atoms with E-state index in [9.17, 15) is 9.18 Å². The van der Waals surface area contributed by atoms with Crippen molar-refractivity contribution in [3.63, 3.8) is 0 Å². The summed E-state index contributed by atoms with van der Waals surface area (Å²) in [5.74, 6) is 0.216. The van der Waals surface area contributed by atoms with E-state index in [0.29, 0.717) is 0 Å². The summed E-state index contributed by atoms with van der Waals surface area (Å²) in [7, 11) is 0. The summed E-state index contributed by atoms with van der Waals surface area (Å²) in [6.45, 7) is 3.33. The van der Waals surface area contributed by atoms with E-state index >= 15 is 0 Å². The van der Waals surface area contributed by atoms with Crippen molar-refractivity contribution in [2.45, 2.75) is 19.8 Å². The lowest BCUT2D eigenvalue weighted by atomic mass is 9.96. The Balaban J connectivity index is 2.08. The fraction of sp³-hybridized carbons (Fsp3) is 0.500. The number of hydrogen-bond acceptors (Lipinski definition) is 3. The summed E-state index contributed by atoms with van der Waals surface area (Å²) >= 11 is 0. The van der Waals surface area contributed by atoms with Gasteiger partial charge in [0.2, 0.25) is 5.91 Å². The summed E-state index contributed by atoms with van der Waals surface area (Å²) in [6.07, 6.45) is 2.71. The summed E-state index contributed by atoms with van der Waals surface area (Å²) < 4.78 is 12.9. The van der Waals surface area contributed by atoms with Crippen LogP contribution in [0.3, 0.4) is 0 Å². The van der Waals surface area contributed by atoms with E-state index in [1.165, 1.54) is 12.3 Å². The molecule has 0 saturated carbocycles. The Bertz CT molecular complexity index is 428. The van der Waals surface area contributed by atoms with Gasteiger partial charge in [0, 0.05) is 19.0 Å². The lowest BCUT2D eigenvalue weighted by Gasteiger charge is -2.32. The highest BCUT2D eigenvalue weighted by Gasteiger charge is 2.24. The number of aryl methyl sites for hydroxylation is 1. The molecule has 1 amide bonds.